The van der Waals surface area contributed by atoms with Gasteiger partial charge >= 0.3 is 5.71 Å². The summed E-state index contributed by atoms with van der Waals surface area (Å²) in [5, 5.41) is 20.8. The average molecular weight is 324 g/mol. The minimum atomic E-state index is -0.779. The predicted molar refractivity (Wildman–Crippen MR) is 84.3 cm³/mol. The number of carbonyl (C=O) groups excluding carboxylic acids is 2. The lowest BCUT2D eigenvalue weighted by Crippen LogP contribution is -2.36. The maximum absolute atomic E-state index is 12.9. The second-order valence-electron chi connectivity index (χ2n) is 6.77. The van der Waals surface area contributed by atoms with Crippen LogP contribution in [0, 0.1) is 18.8 Å². The van der Waals surface area contributed by atoms with Crippen molar-refractivity contribution in [2.75, 3.05) is 0 Å². The molecule has 0 radical (unpaired) electrons. The van der Waals surface area contributed by atoms with Crippen molar-refractivity contribution >= 4 is 22.9 Å². The van der Waals surface area contributed by atoms with Crippen molar-refractivity contribution in [1.29, 1.82) is 0 Å². The second kappa shape index (κ2) is 4.97. The number of phenols is 1. The van der Waals surface area contributed by atoms with Gasteiger partial charge in [-0.1, -0.05) is 6.42 Å². The monoisotopic (exact) mass is 324 g/mol. The molecule has 1 aromatic rings. The molecular weight excluding hydrogens is 308 g/mol. The molecule has 1 fully saturated rings. The van der Waals surface area contributed by atoms with Crippen LogP contribution in [-0.4, -0.2) is 38.4 Å². The maximum atomic E-state index is 12.9. The number of rotatable bonds is 0. The number of hydrogen-bond donors (Lipinski definition) is 2. The van der Waals surface area contributed by atoms with Gasteiger partial charge < -0.3 is 15.7 Å². The number of hydrogen-bond acceptors (Lipinski definition) is 4. The fourth-order valence-electron chi connectivity index (χ4n) is 4.44. The number of phenolic OH excluding ortho intramolecular Hbond substituents is 1. The van der Waals surface area contributed by atoms with Gasteiger partial charge in [0, 0.05) is 28.5 Å². The third-order valence-corrected chi connectivity index (χ3v) is 5.38. The second-order valence-corrected chi connectivity index (χ2v) is 6.77. The van der Waals surface area contributed by atoms with E-state index in [2.05, 4.69) is 4.79 Å². The van der Waals surface area contributed by atoms with Gasteiger partial charge in [0.2, 0.25) is 0 Å². The Balaban J connectivity index is 2.07. The smallest absolute Gasteiger partial charge is 0.370 e. The first-order valence-electron chi connectivity index (χ1n) is 8.03. The molecule has 0 aliphatic heterocycles. The Labute approximate surface area is 138 Å². The Morgan fingerprint density at radius 2 is 2.00 bits per heavy atom. The average Bonchev–Trinajstić information content (AvgIpc) is 2.82. The SMILES string of the molecule is Cc1cc(O)c2c(c1)C(=[N+]=[N-])C(=O)C1=C2C(=O)C2CCCC(O)C12. The van der Waals surface area contributed by atoms with Crippen LogP contribution in [0.3, 0.4) is 0 Å². The summed E-state index contributed by atoms with van der Waals surface area (Å²) in [7, 11) is 0. The molecule has 0 spiro atoms. The van der Waals surface area contributed by atoms with Gasteiger partial charge in [0.15, 0.2) is 5.78 Å². The first-order chi connectivity index (χ1) is 11.5. The first kappa shape index (κ1) is 15.0. The van der Waals surface area contributed by atoms with Crippen LogP contribution >= 0.6 is 0 Å². The van der Waals surface area contributed by atoms with E-state index in [-0.39, 0.29) is 39.5 Å². The molecule has 0 amide bonds. The van der Waals surface area contributed by atoms with Crippen molar-refractivity contribution in [2.24, 2.45) is 11.8 Å². The third-order valence-electron chi connectivity index (χ3n) is 5.38. The normalized spacial score (nSPS) is 28.4. The van der Waals surface area contributed by atoms with Crippen molar-refractivity contribution < 1.29 is 24.6 Å². The van der Waals surface area contributed by atoms with Gasteiger partial charge in [-0.3, -0.25) is 9.59 Å². The van der Waals surface area contributed by atoms with Crippen LogP contribution in [0.5, 0.6) is 5.75 Å². The Morgan fingerprint density at radius 3 is 2.71 bits per heavy atom. The summed E-state index contributed by atoms with van der Waals surface area (Å²) in [5.74, 6) is -1.90. The molecule has 3 atom stereocenters. The summed E-state index contributed by atoms with van der Waals surface area (Å²) in [6.45, 7) is 1.74. The molecular formula is C18H16N2O4. The molecule has 6 nitrogen and oxygen atoms in total. The Hall–Kier alpha value is -2.56. The van der Waals surface area contributed by atoms with E-state index >= 15 is 0 Å². The number of aromatic hydroxyl groups is 1. The summed E-state index contributed by atoms with van der Waals surface area (Å²) in [5.41, 5.74) is 10.7. The molecule has 3 aliphatic carbocycles. The number of nitrogens with zero attached hydrogens (tertiary/aromatic N) is 2. The quantitative estimate of drug-likeness (QED) is 0.555. The van der Waals surface area contributed by atoms with Crippen LogP contribution in [0.15, 0.2) is 17.7 Å². The van der Waals surface area contributed by atoms with E-state index < -0.39 is 23.7 Å². The molecule has 1 saturated carbocycles. The van der Waals surface area contributed by atoms with Crippen molar-refractivity contribution in [3.8, 4) is 5.75 Å². The lowest BCUT2D eigenvalue weighted by molar-refractivity contribution is -0.120. The Kier molecular flexibility index (Phi) is 3.10. The van der Waals surface area contributed by atoms with Gasteiger partial charge in [-0.05, 0) is 37.5 Å². The number of ketones is 2. The van der Waals surface area contributed by atoms with Gasteiger partial charge in [-0.15, -0.1) is 0 Å². The summed E-state index contributed by atoms with van der Waals surface area (Å²) < 4.78 is 0. The number of benzene rings is 1. The number of aliphatic hydroxyl groups is 1. The predicted octanol–water partition coefficient (Wildman–Crippen LogP) is 1.42. The summed E-state index contributed by atoms with van der Waals surface area (Å²) >= 11 is 0. The molecule has 0 heterocycles. The lowest BCUT2D eigenvalue weighted by Gasteiger charge is -2.30. The number of fused-ring (bicyclic) bond motifs is 4. The molecule has 0 bridgehead atoms. The van der Waals surface area contributed by atoms with Gasteiger partial charge in [0.25, 0.3) is 5.78 Å². The fraction of sp³-hybridized carbons (Fsp3) is 0.389. The Bertz CT molecular complexity index is 893. The molecule has 4 rings (SSSR count). The first-order valence-corrected chi connectivity index (χ1v) is 8.03. The van der Waals surface area contributed by atoms with E-state index in [1.807, 2.05) is 0 Å². The highest BCUT2D eigenvalue weighted by molar-refractivity contribution is 6.56. The summed E-state index contributed by atoms with van der Waals surface area (Å²) in [4.78, 5) is 28.9. The summed E-state index contributed by atoms with van der Waals surface area (Å²) in [6, 6.07) is 3.14. The van der Waals surface area contributed by atoms with Crippen LogP contribution < -0.4 is 0 Å². The van der Waals surface area contributed by atoms with Crippen molar-refractivity contribution in [2.45, 2.75) is 32.3 Å². The summed E-state index contributed by atoms with van der Waals surface area (Å²) in [6.07, 6.45) is 1.07. The maximum Gasteiger partial charge on any atom is 0.370 e. The topological polar surface area (TPSA) is 111 Å². The van der Waals surface area contributed by atoms with E-state index in [9.17, 15) is 25.3 Å². The number of aryl methyl sites for hydroxylation is 1. The van der Waals surface area contributed by atoms with E-state index in [1.54, 1.807) is 13.0 Å². The molecule has 6 heteroatoms. The third kappa shape index (κ3) is 1.75. The zero-order valence-electron chi connectivity index (χ0n) is 13.1. The van der Waals surface area contributed by atoms with Gasteiger partial charge in [-0.2, -0.15) is 4.79 Å². The highest BCUT2D eigenvalue weighted by Gasteiger charge is 2.55. The number of Topliss-reactive ketones (excluding diaryl/α,β-unsaturated/α-hetero) is 2. The lowest BCUT2D eigenvalue weighted by atomic mass is 9.74. The van der Waals surface area contributed by atoms with Crippen LogP contribution in [0.1, 0.15) is 36.0 Å². The standard InChI is InChI=1S/C18H16N2O4/c1-7-5-9-13(11(22)6-7)14-15(18(24)16(9)20-19)12-8(17(14)23)3-2-4-10(12)21/h5-6,8,10,12,21-22H,2-4H2,1H3. The molecule has 1 aromatic carbocycles. The van der Waals surface area contributed by atoms with Crippen LogP contribution in [0.2, 0.25) is 0 Å². The van der Waals surface area contributed by atoms with Crippen LogP contribution in [-0.2, 0) is 9.59 Å². The fourth-order valence-corrected chi connectivity index (χ4v) is 4.44. The van der Waals surface area contributed by atoms with Crippen LogP contribution in [0.25, 0.3) is 11.1 Å². The molecule has 0 aromatic heterocycles. The highest BCUT2D eigenvalue weighted by Crippen LogP contribution is 2.51. The molecule has 3 unspecified atom stereocenters. The highest BCUT2D eigenvalue weighted by atomic mass is 16.3. The van der Waals surface area contributed by atoms with E-state index in [4.69, 9.17) is 0 Å². The molecule has 122 valence electrons. The van der Waals surface area contributed by atoms with E-state index in [0.717, 1.165) is 6.42 Å². The number of aliphatic hydroxyl groups excluding tert-OH is 1. The Morgan fingerprint density at radius 1 is 1.25 bits per heavy atom. The minimum absolute atomic E-state index is 0.118. The van der Waals surface area contributed by atoms with Gasteiger partial charge in [0.1, 0.15) is 5.75 Å². The molecule has 24 heavy (non-hydrogen) atoms. The van der Waals surface area contributed by atoms with Crippen LogP contribution in [0.4, 0.5) is 0 Å². The van der Waals surface area contributed by atoms with Crippen molar-refractivity contribution in [3.63, 3.8) is 0 Å². The largest absolute Gasteiger partial charge is 0.507 e. The number of allylic oxidation sites excluding steroid dienone is 1. The van der Waals surface area contributed by atoms with Gasteiger partial charge in [0.05, 0.1) is 11.7 Å². The molecule has 3 aliphatic rings. The zero-order chi connectivity index (χ0) is 17.2. The van der Waals surface area contributed by atoms with Crippen molar-refractivity contribution in [1.82, 2.24) is 0 Å². The van der Waals surface area contributed by atoms with E-state index in [1.165, 1.54) is 6.07 Å². The molecule has 0 saturated heterocycles. The zero-order valence-corrected chi connectivity index (χ0v) is 13.1. The van der Waals surface area contributed by atoms with Gasteiger partial charge in [-0.25, -0.2) is 0 Å². The van der Waals surface area contributed by atoms with E-state index in [0.29, 0.717) is 18.4 Å². The minimum Gasteiger partial charge on any atom is -0.507 e. The molecule has 2 N–H and O–H groups in total. The van der Waals surface area contributed by atoms with Crippen molar-refractivity contribution in [3.05, 3.63) is 39.9 Å². The number of carbonyl (C=O) groups is 2.